The van der Waals surface area contributed by atoms with E-state index in [1.54, 1.807) is 30.5 Å². The van der Waals surface area contributed by atoms with Gasteiger partial charge in [0.15, 0.2) is 0 Å². The number of halogens is 2. The molecule has 0 saturated heterocycles. The van der Waals surface area contributed by atoms with Crippen molar-refractivity contribution in [1.29, 1.82) is 0 Å². The normalized spacial score (nSPS) is 10.4. The molecule has 2 aromatic rings. The molecule has 0 fully saturated rings. The van der Waals surface area contributed by atoms with Gasteiger partial charge in [-0.15, -0.1) is 0 Å². The topological polar surface area (TPSA) is 56.0 Å². The summed E-state index contributed by atoms with van der Waals surface area (Å²) in [6, 6.07) is 8.05. The standard InChI is InChI=1S/C14H12ClFN2O/c15-12-5-1-3-9(13(12)16)7-11(19)8-10-4-2-6-18-14(10)17/h1-6H,7-8H2,(H2,17,18). The number of hydrogen-bond donors (Lipinski definition) is 1. The second-order valence-electron chi connectivity index (χ2n) is 4.15. The van der Waals surface area contributed by atoms with E-state index in [2.05, 4.69) is 4.98 Å². The Morgan fingerprint density at radius 3 is 2.63 bits per heavy atom. The maximum absolute atomic E-state index is 13.7. The maximum Gasteiger partial charge on any atom is 0.145 e. The van der Waals surface area contributed by atoms with E-state index in [9.17, 15) is 9.18 Å². The van der Waals surface area contributed by atoms with E-state index in [1.165, 1.54) is 6.07 Å². The van der Waals surface area contributed by atoms with E-state index in [1.807, 2.05) is 0 Å². The summed E-state index contributed by atoms with van der Waals surface area (Å²) >= 11 is 5.67. The van der Waals surface area contributed by atoms with Gasteiger partial charge in [0, 0.05) is 24.6 Å². The Morgan fingerprint density at radius 2 is 1.89 bits per heavy atom. The first kappa shape index (κ1) is 13.5. The number of benzene rings is 1. The largest absolute Gasteiger partial charge is 0.383 e. The smallest absolute Gasteiger partial charge is 0.145 e. The van der Waals surface area contributed by atoms with Gasteiger partial charge in [-0.25, -0.2) is 9.37 Å². The molecule has 0 aliphatic heterocycles. The van der Waals surface area contributed by atoms with Crippen molar-refractivity contribution in [2.24, 2.45) is 0 Å². The average Bonchev–Trinajstić information content (AvgIpc) is 2.38. The van der Waals surface area contributed by atoms with Crippen LogP contribution in [-0.2, 0) is 17.6 Å². The maximum atomic E-state index is 13.7. The average molecular weight is 279 g/mol. The number of rotatable bonds is 4. The second-order valence-corrected chi connectivity index (χ2v) is 4.56. The number of carbonyl (C=O) groups is 1. The van der Waals surface area contributed by atoms with Crippen molar-refractivity contribution in [2.75, 3.05) is 5.73 Å². The minimum Gasteiger partial charge on any atom is -0.383 e. The third kappa shape index (κ3) is 3.29. The second kappa shape index (κ2) is 5.80. The molecule has 0 aliphatic rings. The van der Waals surface area contributed by atoms with E-state index >= 15 is 0 Å². The van der Waals surface area contributed by atoms with Crippen LogP contribution >= 0.6 is 11.6 Å². The van der Waals surface area contributed by atoms with Gasteiger partial charge in [-0.3, -0.25) is 4.79 Å². The molecule has 98 valence electrons. The van der Waals surface area contributed by atoms with Gasteiger partial charge in [0.05, 0.1) is 5.02 Å². The van der Waals surface area contributed by atoms with Crippen molar-refractivity contribution in [3.63, 3.8) is 0 Å². The van der Waals surface area contributed by atoms with Crippen molar-refractivity contribution < 1.29 is 9.18 Å². The lowest BCUT2D eigenvalue weighted by Crippen LogP contribution is -2.10. The monoisotopic (exact) mass is 278 g/mol. The molecule has 0 radical (unpaired) electrons. The molecular weight excluding hydrogens is 267 g/mol. The van der Waals surface area contributed by atoms with Crippen LogP contribution in [0.5, 0.6) is 0 Å². The quantitative estimate of drug-likeness (QED) is 0.936. The van der Waals surface area contributed by atoms with E-state index in [0.717, 1.165) is 0 Å². The first-order valence-corrected chi connectivity index (χ1v) is 6.09. The number of Topliss-reactive ketones (excluding diaryl/α,β-unsaturated/α-hetero) is 1. The van der Waals surface area contributed by atoms with Gasteiger partial charge in [0.25, 0.3) is 0 Å². The molecule has 0 aliphatic carbocycles. The highest BCUT2D eigenvalue weighted by Gasteiger charge is 2.12. The zero-order valence-corrected chi connectivity index (χ0v) is 10.8. The summed E-state index contributed by atoms with van der Waals surface area (Å²) in [4.78, 5) is 15.8. The minimum absolute atomic E-state index is 0.0132. The number of ketones is 1. The molecule has 1 heterocycles. The van der Waals surface area contributed by atoms with Crippen LogP contribution in [-0.4, -0.2) is 10.8 Å². The van der Waals surface area contributed by atoms with E-state index in [0.29, 0.717) is 16.9 Å². The Bertz CT molecular complexity index is 616. The first-order chi connectivity index (χ1) is 9.08. The van der Waals surface area contributed by atoms with Crippen LogP contribution in [0.1, 0.15) is 11.1 Å². The number of anilines is 1. The number of hydrogen-bond acceptors (Lipinski definition) is 3. The molecule has 2 N–H and O–H groups in total. The fourth-order valence-electron chi connectivity index (χ4n) is 1.77. The fourth-order valence-corrected chi connectivity index (χ4v) is 1.97. The van der Waals surface area contributed by atoms with Gasteiger partial charge < -0.3 is 5.73 Å². The molecule has 0 spiro atoms. The number of nitrogens with two attached hydrogens (primary N) is 1. The Balaban J connectivity index is 2.10. The van der Waals surface area contributed by atoms with Crippen LogP contribution in [0, 0.1) is 5.82 Å². The molecule has 0 unspecified atom stereocenters. The van der Waals surface area contributed by atoms with Gasteiger partial charge in [0.2, 0.25) is 0 Å². The Kier molecular flexibility index (Phi) is 4.12. The highest BCUT2D eigenvalue weighted by molar-refractivity contribution is 6.30. The molecule has 0 atom stereocenters. The number of nitrogen functional groups attached to an aromatic ring is 1. The molecular formula is C14H12ClFN2O. The summed E-state index contributed by atoms with van der Waals surface area (Å²) < 4.78 is 13.7. The summed E-state index contributed by atoms with van der Waals surface area (Å²) in [6.07, 6.45) is 1.67. The third-order valence-electron chi connectivity index (χ3n) is 2.73. The molecule has 1 aromatic heterocycles. The lowest BCUT2D eigenvalue weighted by Gasteiger charge is -2.05. The molecule has 0 bridgehead atoms. The van der Waals surface area contributed by atoms with Gasteiger partial charge in [-0.2, -0.15) is 0 Å². The molecule has 3 nitrogen and oxygen atoms in total. The van der Waals surface area contributed by atoms with Crippen LogP contribution in [0.25, 0.3) is 0 Å². The van der Waals surface area contributed by atoms with E-state index < -0.39 is 5.82 Å². The van der Waals surface area contributed by atoms with Crippen molar-refractivity contribution in [3.05, 3.63) is 58.5 Å². The van der Waals surface area contributed by atoms with Crippen LogP contribution in [0.4, 0.5) is 10.2 Å². The predicted molar refractivity (Wildman–Crippen MR) is 72.5 cm³/mol. The summed E-state index contributed by atoms with van der Waals surface area (Å²) in [5, 5.41) is 0.0196. The Labute approximate surface area is 115 Å². The number of carbonyl (C=O) groups excluding carboxylic acids is 1. The highest BCUT2D eigenvalue weighted by Crippen LogP contribution is 2.19. The van der Waals surface area contributed by atoms with Gasteiger partial charge >= 0.3 is 0 Å². The summed E-state index contributed by atoms with van der Waals surface area (Å²) in [5.41, 5.74) is 6.60. The predicted octanol–water partition coefficient (Wildman–Crippen LogP) is 2.81. The van der Waals surface area contributed by atoms with Crippen LogP contribution < -0.4 is 5.73 Å². The molecule has 5 heteroatoms. The SMILES string of the molecule is Nc1ncccc1CC(=O)Cc1cccc(Cl)c1F. The van der Waals surface area contributed by atoms with Crippen molar-refractivity contribution in [3.8, 4) is 0 Å². The lowest BCUT2D eigenvalue weighted by molar-refractivity contribution is -0.117. The summed E-state index contributed by atoms with van der Waals surface area (Å²) in [7, 11) is 0. The van der Waals surface area contributed by atoms with Crippen LogP contribution in [0.15, 0.2) is 36.5 Å². The van der Waals surface area contributed by atoms with Crippen molar-refractivity contribution >= 4 is 23.2 Å². The molecule has 0 amide bonds. The fraction of sp³-hybridized carbons (Fsp3) is 0.143. The number of nitrogens with zero attached hydrogens (tertiary/aromatic N) is 1. The minimum atomic E-state index is -0.545. The zero-order valence-electron chi connectivity index (χ0n) is 10.1. The Hall–Kier alpha value is -1.94. The number of pyridine rings is 1. The zero-order chi connectivity index (χ0) is 13.8. The molecule has 2 rings (SSSR count). The van der Waals surface area contributed by atoms with Crippen molar-refractivity contribution in [2.45, 2.75) is 12.8 Å². The first-order valence-electron chi connectivity index (χ1n) is 5.72. The summed E-state index contributed by atoms with van der Waals surface area (Å²) in [5.74, 6) is -0.361. The van der Waals surface area contributed by atoms with E-state index in [-0.39, 0.29) is 23.6 Å². The van der Waals surface area contributed by atoms with Gasteiger partial charge in [0.1, 0.15) is 17.4 Å². The molecule has 1 aromatic carbocycles. The van der Waals surface area contributed by atoms with Gasteiger partial charge in [-0.1, -0.05) is 29.8 Å². The highest BCUT2D eigenvalue weighted by atomic mass is 35.5. The van der Waals surface area contributed by atoms with Gasteiger partial charge in [-0.05, 0) is 17.7 Å². The van der Waals surface area contributed by atoms with Crippen molar-refractivity contribution in [1.82, 2.24) is 4.98 Å². The summed E-state index contributed by atoms with van der Waals surface area (Å²) in [6.45, 7) is 0. The van der Waals surface area contributed by atoms with Crippen LogP contribution in [0.3, 0.4) is 0 Å². The Morgan fingerprint density at radius 1 is 1.21 bits per heavy atom. The lowest BCUT2D eigenvalue weighted by atomic mass is 10.0. The van der Waals surface area contributed by atoms with Crippen LogP contribution in [0.2, 0.25) is 5.02 Å². The molecule has 0 saturated carbocycles. The molecule has 19 heavy (non-hydrogen) atoms. The number of aromatic nitrogens is 1. The van der Waals surface area contributed by atoms with E-state index in [4.69, 9.17) is 17.3 Å². The third-order valence-corrected chi connectivity index (χ3v) is 3.02.